The standard InChI is InChI=1S/C26H31N5O3/c1-5-6-7-14-34-21-13-10-19(15-22(21)33-4)24-23(18(3)29-26-27-16-28-31(24)26)25(32)30-20-11-8-17(2)9-12-20/h8-13,15-16,24H,5-7,14H2,1-4H3,(H,30,32)(H,27,28,29). The second-order valence-electron chi connectivity index (χ2n) is 8.38. The van der Waals surface area contributed by atoms with Crippen LogP contribution in [-0.4, -0.2) is 34.4 Å². The molecule has 8 nitrogen and oxygen atoms in total. The van der Waals surface area contributed by atoms with E-state index in [0.29, 0.717) is 35.3 Å². The monoisotopic (exact) mass is 461 g/mol. The van der Waals surface area contributed by atoms with E-state index in [0.717, 1.165) is 36.1 Å². The molecule has 178 valence electrons. The molecule has 1 aromatic heterocycles. The molecule has 0 saturated carbocycles. The number of ether oxygens (including phenoxy) is 2. The average Bonchev–Trinajstić information content (AvgIpc) is 3.30. The molecule has 0 saturated heterocycles. The molecule has 0 bridgehead atoms. The number of hydrogen-bond donors (Lipinski definition) is 2. The number of methoxy groups -OCH3 is 1. The van der Waals surface area contributed by atoms with Crippen molar-refractivity contribution < 1.29 is 14.3 Å². The lowest BCUT2D eigenvalue weighted by molar-refractivity contribution is -0.113. The third-order valence-electron chi connectivity index (χ3n) is 5.86. The Bertz CT molecular complexity index is 1180. The molecule has 0 spiro atoms. The van der Waals surface area contributed by atoms with Crippen LogP contribution in [0.3, 0.4) is 0 Å². The molecule has 1 atom stereocenters. The fourth-order valence-electron chi connectivity index (χ4n) is 4.04. The number of nitrogens with one attached hydrogen (secondary N) is 2. The maximum Gasteiger partial charge on any atom is 0.255 e. The maximum absolute atomic E-state index is 13.5. The van der Waals surface area contributed by atoms with E-state index in [1.165, 1.54) is 6.33 Å². The zero-order valence-corrected chi connectivity index (χ0v) is 20.1. The van der Waals surface area contributed by atoms with Gasteiger partial charge in [0.15, 0.2) is 11.5 Å². The van der Waals surface area contributed by atoms with Crippen molar-refractivity contribution in [3.8, 4) is 11.5 Å². The molecule has 2 heterocycles. The minimum absolute atomic E-state index is 0.209. The second kappa shape index (κ2) is 10.4. The highest BCUT2D eigenvalue weighted by atomic mass is 16.5. The number of rotatable bonds is 9. The Hall–Kier alpha value is -3.81. The minimum atomic E-state index is -0.479. The fourth-order valence-corrected chi connectivity index (χ4v) is 4.04. The quantitative estimate of drug-likeness (QED) is 0.431. The van der Waals surface area contributed by atoms with Crippen LogP contribution in [0.25, 0.3) is 0 Å². The summed E-state index contributed by atoms with van der Waals surface area (Å²) in [5, 5.41) is 10.6. The average molecular weight is 462 g/mol. The van der Waals surface area contributed by atoms with Crippen molar-refractivity contribution in [2.45, 2.75) is 46.1 Å². The Morgan fingerprint density at radius 1 is 1.12 bits per heavy atom. The number of aromatic nitrogens is 3. The van der Waals surface area contributed by atoms with Crippen molar-refractivity contribution in [3.63, 3.8) is 0 Å². The number of allylic oxidation sites excluding steroid dienone is 1. The van der Waals surface area contributed by atoms with Gasteiger partial charge in [-0.2, -0.15) is 10.1 Å². The minimum Gasteiger partial charge on any atom is -0.493 e. The van der Waals surface area contributed by atoms with Crippen LogP contribution in [-0.2, 0) is 4.79 Å². The summed E-state index contributed by atoms with van der Waals surface area (Å²) in [7, 11) is 1.62. The fraction of sp³-hybridized carbons (Fsp3) is 0.346. The molecule has 34 heavy (non-hydrogen) atoms. The van der Waals surface area contributed by atoms with Crippen molar-refractivity contribution in [3.05, 3.63) is 71.2 Å². The van der Waals surface area contributed by atoms with Gasteiger partial charge in [0.2, 0.25) is 5.95 Å². The van der Waals surface area contributed by atoms with Crippen molar-refractivity contribution in [1.29, 1.82) is 0 Å². The summed E-state index contributed by atoms with van der Waals surface area (Å²) in [6.45, 7) is 6.68. The lowest BCUT2D eigenvalue weighted by Gasteiger charge is -2.29. The number of unbranched alkanes of at least 4 members (excludes halogenated alkanes) is 2. The summed E-state index contributed by atoms with van der Waals surface area (Å²) in [6, 6.07) is 13.0. The normalized spacial score (nSPS) is 14.9. The first-order valence-corrected chi connectivity index (χ1v) is 11.6. The zero-order valence-electron chi connectivity index (χ0n) is 20.1. The molecule has 0 aliphatic carbocycles. The summed E-state index contributed by atoms with van der Waals surface area (Å²) in [5.74, 6) is 1.67. The third kappa shape index (κ3) is 4.90. The number of carbonyl (C=O) groups is 1. The van der Waals surface area contributed by atoms with Crippen molar-refractivity contribution >= 4 is 17.5 Å². The topological polar surface area (TPSA) is 90.3 Å². The van der Waals surface area contributed by atoms with Gasteiger partial charge in [0.05, 0.1) is 19.3 Å². The highest BCUT2D eigenvalue weighted by Gasteiger charge is 2.34. The summed E-state index contributed by atoms with van der Waals surface area (Å²) >= 11 is 0. The SMILES string of the molecule is CCCCCOc1ccc(C2C(C(=O)Nc3ccc(C)cc3)=C(C)Nc3ncnn32)cc1OC. The van der Waals surface area contributed by atoms with Crippen LogP contribution in [0, 0.1) is 6.92 Å². The number of aryl methyl sites for hydroxylation is 1. The Morgan fingerprint density at radius 3 is 2.65 bits per heavy atom. The molecule has 1 aliphatic heterocycles. The number of carbonyl (C=O) groups excluding carboxylic acids is 1. The largest absolute Gasteiger partial charge is 0.493 e. The summed E-state index contributed by atoms with van der Waals surface area (Å²) in [4.78, 5) is 17.8. The number of anilines is 2. The van der Waals surface area contributed by atoms with Gasteiger partial charge in [0.1, 0.15) is 12.4 Å². The maximum atomic E-state index is 13.5. The lowest BCUT2D eigenvalue weighted by Crippen LogP contribution is -2.31. The van der Waals surface area contributed by atoms with Gasteiger partial charge in [-0.3, -0.25) is 4.79 Å². The van der Waals surface area contributed by atoms with Crippen molar-refractivity contribution in [2.75, 3.05) is 24.4 Å². The number of benzene rings is 2. The van der Waals surface area contributed by atoms with Gasteiger partial charge in [0, 0.05) is 11.4 Å². The Kier molecular flexibility index (Phi) is 7.15. The third-order valence-corrected chi connectivity index (χ3v) is 5.86. The van der Waals surface area contributed by atoms with E-state index in [-0.39, 0.29) is 5.91 Å². The lowest BCUT2D eigenvalue weighted by atomic mass is 9.94. The molecule has 1 amide bonds. The molecular weight excluding hydrogens is 430 g/mol. The number of nitrogens with zero attached hydrogens (tertiary/aromatic N) is 3. The molecule has 1 unspecified atom stereocenters. The predicted molar refractivity (Wildman–Crippen MR) is 132 cm³/mol. The van der Waals surface area contributed by atoms with Gasteiger partial charge in [-0.05, 0) is 50.1 Å². The van der Waals surface area contributed by atoms with Gasteiger partial charge in [-0.15, -0.1) is 0 Å². The number of hydrogen-bond acceptors (Lipinski definition) is 6. The molecule has 8 heteroatoms. The van der Waals surface area contributed by atoms with Crippen LogP contribution in [0.4, 0.5) is 11.6 Å². The summed E-state index contributed by atoms with van der Waals surface area (Å²) in [6.07, 6.45) is 4.72. The van der Waals surface area contributed by atoms with Crippen molar-refractivity contribution in [2.24, 2.45) is 0 Å². The van der Waals surface area contributed by atoms with Crippen LogP contribution in [0.15, 0.2) is 60.1 Å². The molecule has 2 aromatic carbocycles. The number of fused-ring (bicyclic) bond motifs is 1. The first-order chi connectivity index (χ1) is 16.5. The van der Waals surface area contributed by atoms with E-state index in [9.17, 15) is 4.79 Å². The van der Waals surface area contributed by atoms with Gasteiger partial charge < -0.3 is 20.1 Å². The molecule has 2 N–H and O–H groups in total. The van der Waals surface area contributed by atoms with Crippen LogP contribution in [0.1, 0.15) is 50.3 Å². The Balaban J connectivity index is 1.67. The van der Waals surface area contributed by atoms with Gasteiger partial charge in [0.25, 0.3) is 5.91 Å². The van der Waals surface area contributed by atoms with Crippen LogP contribution in [0.5, 0.6) is 11.5 Å². The molecule has 4 rings (SSSR count). The zero-order chi connectivity index (χ0) is 24.1. The summed E-state index contributed by atoms with van der Waals surface area (Å²) < 4.78 is 13.3. The molecule has 1 aliphatic rings. The highest BCUT2D eigenvalue weighted by Crippen LogP contribution is 2.38. The molecular formula is C26H31N5O3. The van der Waals surface area contributed by atoms with E-state index >= 15 is 0 Å². The van der Waals surface area contributed by atoms with E-state index < -0.39 is 6.04 Å². The van der Waals surface area contributed by atoms with E-state index in [2.05, 4.69) is 27.6 Å². The Labute approximate surface area is 200 Å². The van der Waals surface area contributed by atoms with Gasteiger partial charge >= 0.3 is 0 Å². The van der Waals surface area contributed by atoms with E-state index in [1.807, 2.05) is 56.3 Å². The highest BCUT2D eigenvalue weighted by molar-refractivity contribution is 6.06. The molecule has 0 fully saturated rings. The summed E-state index contributed by atoms with van der Waals surface area (Å²) in [5.41, 5.74) is 3.97. The van der Waals surface area contributed by atoms with Crippen LogP contribution in [0.2, 0.25) is 0 Å². The first-order valence-electron chi connectivity index (χ1n) is 11.6. The predicted octanol–water partition coefficient (Wildman–Crippen LogP) is 5.09. The molecule has 0 radical (unpaired) electrons. The molecule has 3 aromatic rings. The van der Waals surface area contributed by atoms with Gasteiger partial charge in [-0.25, -0.2) is 4.68 Å². The second-order valence-corrected chi connectivity index (χ2v) is 8.38. The van der Waals surface area contributed by atoms with Crippen molar-refractivity contribution in [1.82, 2.24) is 14.8 Å². The number of amides is 1. The Morgan fingerprint density at radius 2 is 1.91 bits per heavy atom. The van der Waals surface area contributed by atoms with Crippen LogP contribution >= 0.6 is 0 Å². The first kappa shape index (κ1) is 23.4. The van der Waals surface area contributed by atoms with E-state index in [4.69, 9.17) is 9.47 Å². The van der Waals surface area contributed by atoms with E-state index in [1.54, 1.807) is 11.8 Å². The smallest absolute Gasteiger partial charge is 0.255 e. The van der Waals surface area contributed by atoms with Crippen LogP contribution < -0.4 is 20.1 Å². The van der Waals surface area contributed by atoms with Gasteiger partial charge in [-0.1, -0.05) is 43.5 Å².